The highest BCUT2D eigenvalue weighted by molar-refractivity contribution is 5.96. The van der Waals surface area contributed by atoms with Crippen LogP contribution < -0.4 is 5.32 Å². The molecule has 4 rings (SSSR count). The quantitative estimate of drug-likeness (QED) is 0.321. The SMILES string of the molecule is CCCCc1cncc(C(=O)OCC)c1NCc1ccc(-c2ccccc2-c2nn[nH]n2)cc1. The number of ether oxygens (including phenoxy) is 1. The lowest BCUT2D eigenvalue weighted by atomic mass is 9.98. The largest absolute Gasteiger partial charge is 0.462 e. The predicted octanol–water partition coefficient (Wildman–Crippen LogP) is 5.06. The topological polar surface area (TPSA) is 106 Å². The van der Waals surface area contributed by atoms with Crippen LogP contribution in [0.1, 0.15) is 48.2 Å². The minimum Gasteiger partial charge on any atom is -0.462 e. The van der Waals surface area contributed by atoms with Gasteiger partial charge in [0.1, 0.15) is 5.56 Å². The molecule has 174 valence electrons. The molecule has 0 atom stereocenters. The van der Waals surface area contributed by atoms with E-state index in [1.54, 1.807) is 13.1 Å². The Bertz CT molecular complexity index is 1220. The van der Waals surface area contributed by atoms with Gasteiger partial charge in [-0.1, -0.05) is 61.9 Å². The number of nitrogens with zero attached hydrogens (tertiary/aromatic N) is 4. The third kappa shape index (κ3) is 5.28. The van der Waals surface area contributed by atoms with Crippen molar-refractivity contribution >= 4 is 11.7 Å². The van der Waals surface area contributed by atoms with Crippen molar-refractivity contribution in [1.82, 2.24) is 25.6 Å². The molecule has 0 aliphatic rings. The summed E-state index contributed by atoms with van der Waals surface area (Å²) < 4.78 is 5.25. The van der Waals surface area contributed by atoms with E-state index >= 15 is 0 Å². The first-order valence-corrected chi connectivity index (χ1v) is 11.5. The molecule has 0 aliphatic carbocycles. The zero-order chi connectivity index (χ0) is 23.8. The molecular weight excluding hydrogens is 428 g/mol. The van der Waals surface area contributed by atoms with Crippen LogP contribution in [0.25, 0.3) is 22.5 Å². The fourth-order valence-corrected chi connectivity index (χ4v) is 3.83. The van der Waals surface area contributed by atoms with E-state index < -0.39 is 0 Å². The number of benzene rings is 2. The molecule has 0 fully saturated rings. The number of esters is 1. The second-order valence-electron chi connectivity index (χ2n) is 7.88. The number of pyridine rings is 1. The number of unbranched alkanes of at least 4 members (excludes halogenated alkanes) is 1. The number of hydrogen-bond donors (Lipinski definition) is 2. The van der Waals surface area contributed by atoms with Crippen molar-refractivity contribution in [3.8, 4) is 22.5 Å². The van der Waals surface area contributed by atoms with Crippen molar-refractivity contribution in [1.29, 1.82) is 0 Å². The number of rotatable bonds is 10. The Morgan fingerprint density at radius 1 is 1.03 bits per heavy atom. The molecule has 34 heavy (non-hydrogen) atoms. The van der Waals surface area contributed by atoms with Crippen molar-refractivity contribution in [2.24, 2.45) is 0 Å². The molecule has 0 unspecified atom stereocenters. The van der Waals surface area contributed by atoms with Crippen LogP contribution >= 0.6 is 0 Å². The zero-order valence-electron chi connectivity index (χ0n) is 19.4. The lowest BCUT2D eigenvalue weighted by molar-refractivity contribution is 0.0527. The lowest BCUT2D eigenvalue weighted by Gasteiger charge is -2.16. The number of carbonyl (C=O) groups is 1. The molecule has 2 heterocycles. The minimum atomic E-state index is -0.357. The average molecular weight is 457 g/mol. The first-order chi connectivity index (χ1) is 16.7. The Morgan fingerprint density at radius 2 is 1.82 bits per heavy atom. The van der Waals surface area contributed by atoms with Gasteiger partial charge in [-0.15, -0.1) is 10.2 Å². The molecule has 2 N–H and O–H groups in total. The highest BCUT2D eigenvalue weighted by Crippen LogP contribution is 2.30. The standard InChI is InChI=1S/C26H28N6O2/c1-3-5-8-20-16-27-17-23(26(33)34-4-2)24(20)28-15-18-11-13-19(14-12-18)21-9-6-7-10-22(21)25-29-31-32-30-25/h6-7,9-14,16-17H,3-5,8,15H2,1-2H3,(H,27,28)(H,29,30,31,32). The monoisotopic (exact) mass is 456 g/mol. The van der Waals surface area contributed by atoms with Gasteiger partial charge in [-0.25, -0.2) is 4.79 Å². The highest BCUT2D eigenvalue weighted by Gasteiger charge is 2.17. The van der Waals surface area contributed by atoms with Crippen molar-refractivity contribution in [3.05, 3.63) is 77.6 Å². The normalized spacial score (nSPS) is 10.8. The fourth-order valence-electron chi connectivity index (χ4n) is 3.83. The Kier molecular flexibility index (Phi) is 7.60. The number of hydrogen-bond acceptors (Lipinski definition) is 7. The Balaban J connectivity index is 1.55. The molecular formula is C26H28N6O2. The van der Waals surface area contributed by atoms with E-state index in [2.05, 4.69) is 62.1 Å². The first-order valence-electron chi connectivity index (χ1n) is 11.5. The number of anilines is 1. The van der Waals surface area contributed by atoms with Gasteiger partial charge < -0.3 is 10.1 Å². The average Bonchev–Trinajstić information content (AvgIpc) is 3.42. The van der Waals surface area contributed by atoms with Gasteiger partial charge in [0.2, 0.25) is 5.82 Å². The van der Waals surface area contributed by atoms with E-state index in [9.17, 15) is 4.79 Å². The third-order valence-corrected chi connectivity index (χ3v) is 5.57. The molecule has 2 aromatic heterocycles. The van der Waals surface area contributed by atoms with Crippen LogP contribution in [0, 0.1) is 0 Å². The summed E-state index contributed by atoms with van der Waals surface area (Å²) in [5.41, 5.74) is 6.40. The number of H-pyrrole nitrogens is 1. The number of aromatic amines is 1. The predicted molar refractivity (Wildman–Crippen MR) is 131 cm³/mol. The van der Waals surface area contributed by atoms with Gasteiger partial charge in [-0.05, 0) is 47.2 Å². The van der Waals surface area contributed by atoms with Crippen LogP contribution in [0.5, 0.6) is 0 Å². The van der Waals surface area contributed by atoms with Crippen LogP contribution in [0.2, 0.25) is 0 Å². The van der Waals surface area contributed by atoms with Gasteiger partial charge in [-0.2, -0.15) is 5.21 Å². The number of carbonyl (C=O) groups excluding carboxylic acids is 1. The number of aryl methyl sites for hydroxylation is 1. The zero-order valence-corrected chi connectivity index (χ0v) is 19.4. The van der Waals surface area contributed by atoms with E-state index in [0.717, 1.165) is 52.8 Å². The maximum Gasteiger partial charge on any atom is 0.341 e. The van der Waals surface area contributed by atoms with Gasteiger partial charge in [0.25, 0.3) is 0 Å². The van der Waals surface area contributed by atoms with E-state index in [0.29, 0.717) is 24.5 Å². The molecule has 0 aliphatic heterocycles. The van der Waals surface area contributed by atoms with Crippen LogP contribution in [-0.2, 0) is 17.7 Å². The summed E-state index contributed by atoms with van der Waals surface area (Å²) in [4.78, 5) is 16.8. The van der Waals surface area contributed by atoms with Gasteiger partial charge >= 0.3 is 5.97 Å². The summed E-state index contributed by atoms with van der Waals surface area (Å²) in [7, 11) is 0. The van der Waals surface area contributed by atoms with Gasteiger partial charge in [-0.3, -0.25) is 4.98 Å². The van der Waals surface area contributed by atoms with Crippen molar-refractivity contribution in [2.75, 3.05) is 11.9 Å². The van der Waals surface area contributed by atoms with E-state index in [4.69, 9.17) is 4.74 Å². The van der Waals surface area contributed by atoms with Crippen LogP contribution in [0.15, 0.2) is 60.9 Å². The molecule has 0 radical (unpaired) electrons. The molecule has 0 bridgehead atoms. The van der Waals surface area contributed by atoms with E-state index in [1.807, 2.05) is 30.5 Å². The number of tetrazole rings is 1. The van der Waals surface area contributed by atoms with Crippen LogP contribution in [-0.4, -0.2) is 38.2 Å². The van der Waals surface area contributed by atoms with Gasteiger partial charge in [0.05, 0.1) is 12.3 Å². The Labute approximate surface area is 198 Å². The van der Waals surface area contributed by atoms with Crippen molar-refractivity contribution < 1.29 is 9.53 Å². The summed E-state index contributed by atoms with van der Waals surface area (Å²) in [5, 5.41) is 17.9. The molecule has 4 aromatic rings. The first kappa shape index (κ1) is 23.1. The maximum atomic E-state index is 12.5. The highest BCUT2D eigenvalue weighted by atomic mass is 16.5. The molecule has 0 amide bonds. The molecule has 0 saturated carbocycles. The fraction of sp³-hybridized carbons (Fsp3) is 0.269. The summed E-state index contributed by atoms with van der Waals surface area (Å²) in [6.45, 7) is 4.85. The van der Waals surface area contributed by atoms with Crippen molar-refractivity contribution in [2.45, 2.75) is 39.7 Å². The Hall–Kier alpha value is -4.07. The lowest BCUT2D eigenvalue weighted by Crippen LogP contribution is -2.13. The number of nitrogens with one attached hydrogen (secondary N) is 2. The summed E-state index contributed by atoms with van der Waals surface area (Å²) in [6.07, 6.45) is 6.35. The third-order valence-electron chi connectivity index (χ3n) is 5.57. The van der Waals surface area contributed by atoms with E-state index in [-0.39, 0.29) is 5.97 Å². The molecule has 0 spiro atoms. The summed E-state index contributed by atoms with van der Waals surface area (Å²) >= 11 is 0. The molecule has 8 heteroatoms. The number of aromatic nitrogens is 5. The van der Waals surface area contributed by atoms with Crippen LogP contribution in [0.4, 0.5) is 5.69 Å². The summed E-state index contributed by atoms with van der Waals surface area (Å²) in [5.74, 6) is 0.203. The minimum absolute atomic E-state index is 0.324. The molecule has 2 aromatic carbocycles. The molecule has 8 nitrogen and oxygen atoms in total. The summed E-state index contributed by atoms with van der Waals surface area (Å²) in [6, 6.07) is 16.3. The molecule has 0 saturated heterocycles. The second kappa shape index (κ2) is 11.2. The second-order valence-corrected chi connectivity index (χ2v) is 7.88. The van der Waals surface area contributed by atoms with Crippen LogP contribution in [0.3, 0.4) is 0 Å². The van der Waals surface area contributed by atoms with Gasteiger partial charge in [0.15, 0.2) is 0 Å². The Morgan fingerprint density at radius 3 is 2.53 bits per heavy atom. The van der Waals surface area contributed by atoms with E-state index in [1.165, 1.54) is 0 Å². The van der Waals surface area contributed by atoms with Crippen molar-refractivity contribution in [3.63, 3.8) is 0 Å². The maximum absolute atomic E-state index is 12.5. The van der Waals surface area contributed by atoms with Gasteiger partial charge in [0, 0.05) is 24.5 Å². The smallest absolute Gasteiger partial charge is 0.341 e.